The summed E-state index contributed by atoms with van der Waals surface area (Å²) in [6.45, 7) is 4.57. The van der Waals surface area contributed by atoms with Gasteiger partial charge in [-0.3, -0.25) is 4.99 Å². The lowest BCUT2D eigenvalue weighted by Gasteiger charge is -2.13. The molecule has 0 aliphatic heterocycles. The molecule has 6 heteroatoms. The maximum atomic E-state index is 11.7. The number of hydrogen-bond donors (Lipinski definition) is 2. The second-order valence-electron chi connectivity index (χ2n) is 7.25. The van der Waals surface area contributed by atoms with Crippen molar-refractivity contribution in [1.29, 1.82) is 0 Å². The molecule has 1 saturated carbocycles. The molecule has 1 aliphatic carbocycles. The summed E-state index contributed by atoms with van der Waals surface area (Å²) in [6, 6.07) is 14.3. The summed E-state index contributed by atoms with van der Waals surface area (Å²) in [5.74, 6) is 1.29. The second kappa shape index (κ2) is 7.72. The largest absolute Gasteiger partial charge is 0.353 e. The van der Waals surface area contributed by atoms with Crippen molar-refractivity contribution in [3.8, 4) is 0 Å². The lowest BCUT2D eigenvalue weighted by molar-refractivity contribution is 0.601. The Morgan fingerprint density at radius 3 is 2.52 bits per heavy atom. The summed E-state index contributed by atoms with van der Waals surface area (Å²) in [7, 11) is -1.42. The van der Waals surface area contributed by atoms with Crippen LogP contribution < -0.4 is 10.6 Å². The van der Waals surface area contributed by atoms with Gasteiger partial charge >= 0.3 is 0 Å². The van der Waals surface area contributed by atoms with Gasteiger partial charge in [-0.15, -0.1) is 0 Å². The molecule has 2 atom stereocenters. The van der Waals surface area contributed by atoms with Crippen molar-refractivity contribution in [2.45, 2.75) is 43.7 Å². The van der Waals surface area contributed by atoms with Gasteiger partial charge in [0.15, 0.2) is 15.8 Å². The molecule has 2 aromatic carbocycles. The number of aryl methyl sites for hydroxylation is 2. The van der Waals surface area contributed by atoms with Crippen LogP contribution >= 0.6 is 0 Å². The summed E-state index contributed by atoms with van der Waals surface area (Å²) in [6.07, 6.45) is 2.34. The monoisotopic (exact) mass is 385 g/mol. The number of nitrogens with zero attached hydrogens (tertiary/aromatic N) is 1. The van der Waals surface area contributed by atoms with Gasteiger partial charge in [-0.05, 0) is 48.6 Å². The van der Waals surface area contributed by atoms with Crippen LogP contribution in [0.3, 0.4) is 0 Å². The van der Waals surface area contributed by atoms with Crippen LogP contribution in [0.2, 0.25) is 0 Å². The van der Waals surface area contributed by atoms with Crippen molar-refractivity contribution in [3.05, 3.63) is 64.7 Å². The van der Waals surface area contributed by atoms with Gasteiger partial charge in [0.1, 0.15) is 0 Å². The number of sulfone groups is 1. The highest BCUT2D eigenvalue weighted by molar-refractivity contribution is 7.90. The molecule has 1 fully saturated rings. The minimum absolute atomic E-state index is 0.382. The van der Waals surface area contributed by atoms with E-state index >= 15 is 0 Å². The predicted molar refractivity (Wildman–Crippen MR) is 110 cm³/mol. The van der Waals surface area contributed by atoms with Crippen molar-refractivity contribution in [3.63, 3.8) is 0 Å². The molecule has 0 spiro atoms. The van der Waals surface area contributed by atoms with E-state index in [2.05, 4.69) is 46.8 Å². The van der Waals surface area contributed by atoms with E-state index in [0.717, 1.165) is 23.5 Å². The number of aliphatic imine (C=N–C) groups is 1. The van der Waals surface area contributed by atoms with Crippen molar-refractivity contribution >= 4 is 15.8 Å². The van der Waals surface area contributed by atoms with Gasteiger partial charge < -0.3 is 10.6 Å². The molecule has 1 aliphatic rings. The number of guanidine groups is 1. The first-order chi connectivity index (χ1) is 12.8. The average molecular weight is 386 g/mol. The molecule has 144 valence electrons. The second-order valence-corrected chi connectivity index (χ2v) is 9.23. The smallest absolute Gasteiger partial charge is 0.191 e. The number of benzene rings is 2. The van der Waals surface area contributed by atoms with Gasteiger partial charge in [-0.1, -0.05) is 36.4 Å². The van der Waals surface area contributed by atoms with Crippen LogP contribution in [0.5, 0.6) is 0 Å². The van der Waals surface area contributed by atoms with Crippen LogP contribution in [-0.4, -0.2) is 33.7 Å². The highest BCUT2D eigenvalue weighted by Crippen LogP contribution is 2.42. The van der Waals surface area contributed by atoms with Crippen molar-refractivity contribution in [2.24, 2.45) is 4.99 Å². The van der Waals surface area contributed by atoms with Gasteiger partial charge in [-0.25, -0.2) is 8.42 Å². The van der Waals surface area contributed by atoms with E-state index in [1.165, 1.54) is 17.4 Å². The van der Waals surface area contributed by atoms with Crippen LogP contribution in [0.25, 0.3) is 0 Å². The third-order valence-corrected chi connectivity index (χ3v) is 6.28. The summed E-state index contributed by atoms with van der Waals surface area (Å²) < 4.78 is 23.5. The standard InChI is InChI=1S/C21H27N3O2S/c1-14-7-5-6-8-17(14)18-12-19(18)24-21(22-3)23-13-16-9-10-20(15(2)11-16)27(4,25)26/h5-11,18-19H,12-13H2,1-4H3,(H2,22,23,24). The Bertz CT molecular complexity index is 967. The first-order valence-electron chi connectivity index (χ1n) is 9.12. The number of hydrogen-bond acceptors (Lipinski definition) is 3. The van der Waals surface area contributed by atoms with Crippen molar-refractivity contribution in [1.82, 2.24) is 10.6 Å². The van der Waals surface area contributed by atoms with Gasteiger partial charge in [0, 0.05) is 31.8 Å². The molecule has 27 heavy (non-hydrogen) atoms. The zero-order valence-electron chi connectivity index (χ0n) is 16.3. The zero-order valence-corrected chi connectivity index (χ0v) is 17.1. The Morgan fingerprint density at radius 2 is 1.89 bits per heavy atom. The Balaban J connectivity index is 1.58. The normalized spacial score (nSPS) is 19.6. The van der Waals surface area contributed by atoms with E-state index in [-0.39, 0.29) is 0 Å². The van der Waals surface area contributed by atoms with E-state index in [1.54, 1.807) is 13.1 Å². The fraction of sp³-hybridized carbons (Fsp3) is 0.381. The Kier molecular flexibility index (Phi) is 5.56. The van der Waals surface area contributed by atoms with Gasteiger partial charge in [0.05, 0.1) is 4.90 Å². The van der Waals surface area contributed by atoms with Gasteiger partial charge in [-0.2, -0.15) is 0 Å². The topological polar surface area (TPSA) is 70.6 Å². The fourth-order valence-corrected chi connectivity index (χ4v) is 4.45. The molecule has 3 rings (SSSR count). The van der Waals surface area contributed by atoms with E-state index in [9.17, 15) is 8.42 Å². The quantitative estimate of drug-likeness (QED) is 0.613. The van der Waals surface area contributed by atoms with E-state index in [4.69, 9.17) is 0 Å². The van der Waals surface area contributed by atoms with Crippen molar-refractivity contribution < 1.29 is 8.42 Å². The molecule has 0 radical (unpaired) electrons. The maximum absolute atomic E-state index is 11.7. The van der Waals surface area contributed by atoms with E-state index in [0.29, 0.717) is 23.4 Å². The Labute approximate surface area is 161 Å². The molecule has 5 nitrogen and oxygen atoms in total. The third kappa shape index (κ3) is 4.69. The summed E-state index contributed by atoms with van der Waals surface area (Å²) >= 11 is 0. The minimum atomic E-state index is -3.19. The first kappa shape index (κ1) is 19.4. The highest BCUT2D eigenvalue weighted by Gasteiger charge is 2.39. The minimum Gasteiger partial charge on any atom is -0.353 e. The number of rotatable bonds is 5. The Hall–Kier alpha value is -2.34. The van der Waals surface area contributed by atoms with E-state index in [1.807, 2.05) is 19.1 Å². The van der Waals surface area contributed by atoms with Crippen LogP contribution in [0.4, 0.5) is 0 Å². The molecule has 2 N–H and O–H groups in total. The van der Waals surface area contributed by atoms with Crippen LogP contribution in [-0.2, 0) is 16.4 Å². The van der Waals surface area contributed by atoms with Crippen molar-refractivity contribution in [2.75, 3.05) is 13.3 Å². The fourth-order valence-electron chi connectivity index (χ4n) is 3.49. The molecular weight excluding hydrogens is 358 g/mol. The lowest BCUT2D eigenvalue weighted by atomic mass is 10.0. The first-order valence-corrected chi connectivity index (χ1v) is 11.0. The van der Waals surface area contributed by atoms with E-state index < -0.39 is 9.84 Å². The summed E-state index contributed by atoms with van der Waals surface area (Å²) in [5, 5.41) is 6.80. The molecule has 2 unspecified atom stereocenters. The van der Waals surface area contributed by atoms with Crippen LogP contribution in [0.1, 0.15) is 34.6 Å². The molecule has 0 aromatic heterocycles. The lowest BCUT2D eigenvalue weighted by Crippen LogP contribution is -2.38. The van der Waals surface area contributed by atoms with Gasteiger partial charge in [0.2, 0.25) is 0 Å². The van der Waals surface area contributed by atoms with Gasteiger partial charge in [0.25, 0.3) is 0 Å². The Morgan fingerprint density at radius 1 is 1.15 bits per heavy atom. The van der Waals surface area contributed by atoms with Crippen LogP contribution in [0, 0.1) is 13.8 Å². The maximum Gasteiger partial charge on any atom is 0.191 e. The molecule has 0 saturated heterocycles. The highest BCUT2D eigenvalue weighted by atomic mass is 32.2. The SMILES string of the molecule is CN=C(NCc1ccc(S(C)(=O)=O)c(C)c1)NC1CC1c1ccccc1C. The molecule has 0 heterocycles. The third-order valence-electron chi connectivity index (χ3n) is 5.02. The molecule has 0 bridgehead atoms. The molecule has 0 amide bonds. The predicted octanol–water partition coefficient (Wildman–Crippen LogP) is 2.93. The summed E-state index contributed by atoms with van der Waals surface area (Å²) in [4.78, 5) is 4.69. The number of nitrogens with one attached hydrogen (secondary N) is 2. The molecule has 2 aromatic rings. The molecular formula is C21H27N3O2S. The van der Waals surface area contributed by atoms with Crippen LogP contribution in [0.15, 0.2) is 52.4 Å². The summed E-state index contributed by atoms with van der Waals surface area (Å²) in [5.41, 5.74) is 4.52. The zero-order chi connectivity index (χ0) is 19.6. The average Bonchev–Trinajstić information content (AvgIpc) is 3.36.